The van der Waals surface area contributed by atoms with Crippen molar-refractivity contribution in [3.05, 3.63) is 74.8 Å². The third-order valence-corrected chi connectivity index (χ3v) is 5.69. The van der Waals surface area contributed by atoms with Gasteiger partial charge in [-0.05, 0) is 45.1 Å². The molecule has 0 saturated carbocycles. The molecule has 4 rings (SSSR count). The summed E-state index contributed by atoms with van der Waals surface area (Å²) < 4.78 is 2.39. The average Bonchev–Trinajstić information content (AvgIpc) is 3.38. The Morgan fingerprint density at radius 3 is 2.93 bits per heavy atom. The van der Waals surface area contributed by atoms with Crippen LogP contribution in [0.2, 0.25) is 5.02 Å². The van der Waals surface area contributed by atoms with Gasteiger partial charge in [-0.1, -0.05) is 35.9 Å². The standard InChI is InChI=1S/C18H13BrClN5OS/c19-12-10-25(9-11-4-1-2-5-13(11)20)24-17(12)21-18(26)15-8-14(22-23-15)16-6-3-7-27-16/h1-8,10H,9H2,(H,22,23)(H,21,24,26). The molecule has 0 atom stereocenters. The van der Waals surface area contributed by atoms with E-state index in [9.17, 15) is 4.79 Å². The van der Waals surface area contributed by atoms with E-state index in [1.165, 1.54) is 0 Å². The van der Waals surface area contributed by atoms with Gasteiger partial charge in [0.2, 0.25) is 0 Å². The molecular weight excluding hydrogens is 450 g/mol. The zero-order chi connectivity index (χ0) is 18.8. The fraction of sp³-hybridized carbons (Fsp3) is 0.0556. The second kappa shape index (κ2) is 7.67. The molecule has 1 aromatic carbocycles. The highest BCUT2D eigenvalue weighted by molar-refractivity contribution is 9.10. The van der Waals surface area contributed by atoms with Crippen molar-refractivity contribution in [2.75, 3.05) is 5.32 Å². The maximum atomic E-state index is 12.5. The highest BCUT2D eigenvalue weighted by Crippen LogP contribution is 2.25. The first-order valence-electron chi connectivity index (χ1n) is 7.97. The topological polar surface area (TPSA) is 75.6 Å². The van der Waals surface area contributed by atoms with Gasteiger partial charge < -0.3 is 5.32 Å². The number of amides is 1. The van der Waals surface area contributed by atoms with Crippen molar-refractivity contribution in [1.29, 1.82) is 0 Å². The van der Waals surface area contributed by atoms with Gasteiger partial charge in [-0.2, -0.15) is 10.2 Å². The molecule has 0 spiro atoms. The normalized spacial score (nSPS) is 10.9. The smallest absolute Gasteiger partial charge is 0.277 e. The fourth-order valence-corrected chi connectivity index (χ4v) is 3.83. The highest BCUT2D eigenvalue weighted by atomic mass is 79.9. The molecular formula is C18H13BrClN5OS. The summed E-state index contributed by atoms with van der Waals surface area (Å²) in [5.41, 5.74) is 2.05. The number of aromatic nitrogens is 4. The van der Waals surface area contributed by atoms with Crippen molar-refractivity contribution in [3.63, 3.8) is 0 Å². The number of rotatable bonds is 5. The second-order valence-corrected chi connectivity index (χ2v) is 7.92. The van der Waals surface area contributed by atoms with Crippen LogP contribution in [-0.2, 0) is 6.54 Å². The number of anilines is 1. The molecule has 0 fully saturated rings. The number of nitrogens with zero attached hydrogens (tertiary/aromatic N) is 3. The van der Waals surface area contributed by atoms with Crippen LogP contribution in [0.4, 0.5) is 5.82 Å². The Morgan fingerprint density at radius 2 is 2.15 bits per heavy atom. The van der Waals surface area contributed by atoms with E-state index in [4.69, 9.17) is 11.6 Å². The van der Waals surface area contributed by atoms with Crippen molar-refractivity contribution < 1.29 is 4.79 Å². The van der Waals surface area contributed by atoms with Gasteiger partial charge in [-0.25, -0.2) is 0 Å². The van der Waals surface area contributed by atoms with Crippen molar-refractivity contribution in [1.82, 2.24) is 20.0 Å². The summed E-state index contributed by atoms with van der Waals surface area (Å²) in [6.07, 6.45) is 1.79. The van der Waals surface area contributed by atoms with Crippen LogP contribution in [0.15, 0.2) is 58.5 Å². The molecule has 136 valence electrons. The third kappa shape index (κ3) is 3.97. The summed E-state index contributed by atoms with van der Waals surface area (Å²) in [6, 6.07) is 13.2. The molecule has 0 unspecified atom stereocenters. The third-order valence-electron chi connectivity index (χ3n) is 3.84. The Balaban J connectivity index is 1.49. The minimum absolute atomic E-state index is 0.297. The number of benzene rings is 1. The van der Waals surface area contributed by atoms with E-state index in [2.05, 4.69) is 36.5 Å². The molecule has 2 N–H and O–H groups in total. The number of hydrogen-bond donors (Lipinski definition) is 2. The maximum absolute atomic E-state index is 12.5. The van der Waals surface area contributed by atoms with Crippen molar-refractivity contribution >= 4 is 50.6 Å². The number of hydrogen-bond acceptors (Lipinski definition) is 4. The molecule has 4 aromatic rings. The summed E-state index contributed by atoms with van der Waals surface area (Å²) in [6.45, 7) is 0.499. The summed E-state index contributed by atoms with van der Waals surface area (Å²) in [5.74, 6) is 0.0884. The number of nitrogens with one attached hydrogen (secondary N) is 2. The predicted molar refractivity (Wildman–Crippen MR) is 110 cm³/mol. The van der Waals surface area contributed by atoms with Crippen LogP contribution in [0, 0.1) is 0 Å². The van der Waals surface area contributed by atoms with Crippen molar-refractivity contribution in [2.45, 2.75) is 6.54 Å². The lowest BCUT2D eigenvalue weighted by Gasteiger charge is -2.04. The van der Waals surface area contributed by atoms with Crippen LogP contribution in [0.5, 0.6) is 0 Å². The SMILES string of the molecule is O=C(Nc1nn(Cc2ccccc2Cl)cc1Br)c1cc(-c2cccs2)[nH]n1. The zero-order valence-corrected chi connectivity index (χ0v) is 17.0. The Morgan fingerprint density at radius 1 is 1.30 bits per heavy atom. The first-order valence-corrected chi connectivity index (χ1v) is 10.0. The van der Waals surface area contributed by atoms with E-state index in [-0.39, 0.29) is 5.91 Å². The fourth-order valence-electron chi connectivity index (χ4n) is 2.53. The van der Waals surface area contributed by atoms with Gasteiger partial charge in [0.25, 0.3) is 5.91 Å². The highest BCUT2D eigenvalue weighted by Gasteiger charge is 2.16. The molecule has 0 bridgehead atoms. The minimum atomic E-state index is -0.335. The lowest BCUT2D eigenvalue weighted by Crippen LogP contribution is -2.13. The molecule has 0 aliphatic rings. The molecule has 6 nitrogen and oxygen atoms in total. The Hall–Kier alpha value is -2.42. The Labute approximate surface area is 172 Å². The first kappa shape index (κ1) is 18.0. The summed E-state index contributed by atoms with van der Waals surface area (Å²) in [4.78, 5) is 13.5. The van der Waals surface area contributed by atoms with Gasteiger partial charge in [0.1, 0.15) is 0 Å². The van der Waals surface area contributed by atoms with Crippen molar-refractivity contribution in [3.8, 4) is 10.6 Å². The summed E-state index contributed by atoms with van der Waals surface area (Å²) in [5, 5.41) is 16.8. The molecule has 0 radical (unpaired) electrons. The van der Waals surface area contributed by atoms with Gasteiger partial charge in [-0.3, -0.25) is 14.6 Å². The van der Waals surface area contributed by atoms with Gasteiger partial charge in [0.15, 0.2) is 11.5 Å². The molecule has 3 heterocycles. The molecule has 27 heavy (non-hydrogen) atoms. The van der Waals surface area contributed by atoms with E-state index in [0.29, 0.717) is 27.6 Å². The van der Waals surface area contributed by atoms with Gasteiger partial charge >= 0.3 is 0 Å². The van der Waals surface area contributed by atoms with Gasteiger partial charge in [0.05, 0.1) is 21.6 Å². The van der Waals surface area contributed by atoms with Crippen LogP contribution in [0.1, 0.15) is 16.1 Å². The van der Waals surface area contributed by atoms with Crippen LogP contribution in [0.25, 0.3) is 10.6 Å². The van der Waals surface area contributed by atoms with Crippen LogP contribution < -0.4 is 5.32 Å². The summed E-state index contributed by atoms with van der Waals surface area (Å²) >= 11 is 11.2. The maximum Gasteiger partial charge on any atom is 0.277 e. The molecule has 9 heteroatoms. The lowest BCUT2D eigenvalue weighted by atomic mass is 10.2. The quantitative estimate of drug-likeness (QED) is 0.436. The van der Waals surface area contributed by atoms with Crippen LogP contribution in [-0.4, -0.2) is 25.9 Å². The molecule has 0 saturated heterocycles. The largest absolute Gasteiger partial charge is 0.303 e. The predicted octanol–water partition coefficient (Wildman–Crippen LogP) is 5.05. The number of carbonyl (C=O) groups is 1. The van der Waals surface area contributed by atoms with Crippen LogP contribution >= 0.6 is 38.9 Å². The number of H-pyrrole nitrogens is 1. The van der Waals surface area contributed by atoms with Gasteiger partial charge in [-0.15, -0.1) is 11.3 Å². The lowest BCUT2D eigenvalue weighted by molar-refractivity contribution is 0.102. The number of carbonyl (C=O) groups excluding carboxylic acids is 1. The zero-order valence-electron chi connectivity index (χ0n) is 13.8. The molecule has 0 aliphatic heterocycles. The van der Waals surface area contributed by atoms with E-state index in [1.807, 2.05) is 41.8 Å². The van der Waals surface area contributed by atoms with E-state index < -0.39 is 0 Å². The number of aromatic amines is 1. The number of thiophene rings is 1. The molecule has 0 aliphatic carbocycles. The van der Waals surface area contributed by atoms with E-state index in [0.717, 1.165) is 16.1 Å². The van der Waals surface area contributed by atoms with E-state index in [1.54, 1.807) is 28.3 Å². The molecule has 3 aromatic heterocycles. The second-order valence-electron chi connectivity index (χ2n) is 5.71. The summed E-state index contributed by atoms with van der Waals surface area (Å²) in [7, 11) is 0. The Kier molecular flexibility index (Phi) is 5.11. The molecule has 1 amide bonds. The van der Waals surface area contributed by atoms with E-state index >= 15 is 0 Å². The van der Waals surface area contributed by atoms with Gasteiger partial charge in [0, 0.05) is 11.2 Å². The Bertz CT molecular complexity index is 1090. The van der Waals surface area contributed by atoms with Crippen LogP contribution in [0.3, 0.4) is 0 Å². The minimum Gasteiger partial charge on any atom is -0.303 e. The monoisotopic (exact) mass is 461 g/mol. The first-order chi connectivity index (χ1) is 13.1. The number of halogens is 2. The average molecular weight is 463 g/mol. The van der Waals surface area contributed by atoms with Crippen molar-refractivity contribution in [2.24, 2.45) is 0 Å².